The summed E-state index contributed by atoms with van der Waals surface area (Å²) < 4.78 is 11.2. The Kier molecular flexibility index (Phi) is 5.67. The third kappa shape index (κ3) is 4.08. The van der Waals surface area contributed by atoms with Crippen molar-refractivity contribution in [3.63, 3.8) is 0 Å². The predicted molar refractivity (Wildman–Crippen MR) is 123 cm³/mol. The fourth-order valence-electron chi connectivity index (χ4n) is 4.43. The van der Waals surface area contributed by atoms with Gasteiger partial charge in [-0.2, -0.15) is 10.2 Å². The van der Waals surface area contributed by atoms with E-state index in [-0.39, 0.29) is 18.2 Å². The molecule has 2 amide bonds. The molecule has 174 valence electrons. The first-order valence-corrected chi connectivity index (χ1v) is 11.3. The minimum atomic E-state index is -0.427. The molecule has 0 bridgehead atoms. The van der Waals surface area contributed by atoms with E-state index in [4.69, 9.17) is 9.26 Å². The van der Waals surface area contributed by atoms with Gasteiger partial charge in [-0.05, 0) is 56.0 Å². The second-order valence-corrected chi connectivity index (χ2v) is 8.89. The van der Waals surface area contributed by atoms with Crippen LogP contribution in [0.15, 0.2) is 40.9 Å². The third-order valence-corrected chi connectivity index (χ3v) is 6.09. The van der Waals surface area contributed by atoms with E-state index in [1.165, 1.54) is 0 Å². The number of carbonyl (C=O) groups is 1. The molecule has 1 aliphatic heterocycles. The van der Waals surface area contributed by atoms with E-state index in [0.717, 1.165) is 29.5 Å². The Balaban J connectivity index is 1.38. The molecule has 2 aliphatic rings. The van der Waals surface area contributed by atoms with Gasteiger partial charge in [0, 0.05) is 11.1 Å². The van der Waals surface area contributed by atoms with E-state index in [1.807, 2.05) is 32.0 Å². The number of carbonyl (C=O) groups excluding carboxylic acids is 1. The van der Waals surface area contributed by atoms with Gasteiger partial charge in [-0.25, -0.2) is 4.79 Å². The maximum Gasteiger partial charge on any atom is 0.318 e. The standard InChI is InChI=1S/C25H25N5O4/c1-14(2)33-22-9-6-15(10-16(22)11-26)24-28-23(29-34-24)20-5-3-4-19-18(20)7-8-21(19)27-25(32)30-12-17(31)13-30/h3-6,9-10,14,17,21,31H,7-8,12-13H2,1-2H3,(H,27,32)/t21-/m1/s1. The minimum Gasteiger partial charge on any atom is -0.490 e. The molecule has 0 radical (unpaired) electrons. The van der Waals surface area contributed by atoms with Gasteiger partial charge in [-0.3, -0.25) is 0 Å². The number of β-amino-alcohol motifs (C(OH)–C–C–N with tert-alkyl or cyclic N) is 1. The number of amides is 2. The number of nitriles is 1. The number of likely N-dealkylation sites (tertiary alicyclic amines) is 1. The highest BCUT2D eigenvalue weighted by molar-refractivity contribution is 5.76. The van der Waals surface area contributed by atoms with Gasteiger partial charge in [-0.15, -0.1) is 0 Å². The fourth-order valence-corrected chi connectivity index (χ4v) is 4.43. The first kappa shape index (κ1) is 21.9. The number of fused-ring (bicyclic) bond motifs is 1. The molecule has 1 aliphatic carbocycles. The number of ether oxygens (including phenoxy) is 1. The predicted octanol–water partition coefficient (Wildman–Crippen LogP) is 3.44. The van der Waals surface area contributed by atoms with Crippen LogP contribution in [0.1, 0.15) is 43.0 Å². The quantitative estimate of drug-likeness (QED) is 0.599. The molecule has 2 aromatic carbocycles. The fraction of sp³-hybridized carbons (Fsp3) is 0.360. The molecular formula is C25H25N5O4. The summed E-state index contributed by atoms with van der Waals surface area (Å²) >= 11 is 0. The molecule has 34 heavy (non-hydrogen) atoms. The normalized spacial score (nSPS) is 17.3. The molecule has 1 atom stereocenters. The van der Waals surface area contributed by atoms with Crippen molar-refractivity contribution in [1.82, 2.24) is 20.4 Å². The summed E-state index contributed by atoms with van der Waals surface area (Å²) in [7, 11) is 0. The zero-order chi connectivity index (χ0) is 23.8. The van der Waals surface area contributed by atoms with Crippen LogP contribution in [0, 0.1) is 11.3 Å². The molecule has 5 rings (SSSR count). The summed E-state index contributed by atoms with van der Waals surface area (Å²) in [5.74, 6) is 1.30. The van der Waals surface area contributed by atoms with E-state index in [1.54, 1.807) is 23.1 Å². The van der Waals surface area contributed by atoms with Crippen LogP contribution in [-0.4, -0.2) is 51.5 Å². The second kappa shape index (κ2) is 8.80. The summed E-state index contributed by atoms with van der Waals surface area (Å²) in [4.78, 5) is 18.6. The zero-order valence-electron chi connectivity index (χ0n) is 19.0. The van der Waals surface area contributed by atoms with Crippen molar-refractivity contribution in [2.45, 2.75) is 44.9 Å². The van der Waals surface area contributed by atoms with E-state index >= 15 is 0 Å². The van der Waals surface area contributed by atoms with Crippen LogP contribution in [-0.2, 0) is 6.42 Å². The van der Waals surface area contributed by atoms with Crippen LogP contribution in [0.2, 0.25) is 0 Å². The van der Waals surface area contributed by atoms with Gasteiger partial charge < -0.3 is 24.6 Å². The molecule has 0 saturated carbocycles. The lowest BCUT2D eigenvalue weighted by atomic mass is 10.0. The molecule has 1 fully saturated rings. The molecule has 0 spiro atoms. The monoisotopic (exact) mass is 459 g/mol. The molecule has 1 aromatic heterocycles. The average Bonchev–Trinajstić information content (AvgIpc) is 3.44. The molecular weight excluding hydrogens is 434 g/mol. The first-order chi connectivity index (χ1) is 16.4. The topological polar surface area (TPSA) is 125 Å². The van der Waals surface area contributed by atoms with Crippen LogP contribution in [0.3, 0.4) is 0 Å². The van der Waals surface area contributed by atoms with Crippen LogP contribution in [0.5, 0.6) is 5.75 Å². The van der Waals surface area contributed by atoms with Gasteiger partial charge in [0.2, 0.25) is 5.82 Å². The number of nitrogens with one attached hydrogen (secondary N) is 1. The van der Waals surface area contributed by atoms with Gasteiger partial charge in [0.05, 0.1) is 36.9 Å². The summed E-state index contributed by atoms with van der Waals surface area (Å²) in [6.45, 7) is 4.55. The Labute approximate surface area is 197 Å². The van der Waals surface area contributed by atoms with Crippen LogP contribution >= 0.6 is 0 Å². The number of benzene rings is 2. The number of urea groups is 1. The molecule has 2 N–H and O–H groups in total. The summed E-state index contributed by atoms with van der Waals surface area (Å²) in [6.07, 6.45) is 1.09. The highest BCUT2D eigenvalue weighted by Crippen LogP contribution is 2.38. The van der Waals surface area contributed by atoms with Crippen LogP contribution < -0.4 is 10.1 Å². The summed E-state index contributed by atoms with van der Waals surface area (Å²) in [5, 5.41) is 26.2. The van der Waals surface area contributed by atoms with Crippen molar-refractivity contribution in [1.29, 1.82) is 5.26 Å². The number of aliphatic hydroxyl groups is 1. The Morgan fingerprint density at radius 3 is 2.88 bits per heavy atom. The lowest BCUT2D eigenvalue weighted by Gasteiger charge is -2.36. The number of aromatic nitrogens is 2. The Bertz CT molecular complexity index is 1270. The maximum atomic E-state index is 12.4. The van der Waals surface area contributed by atoms with Gasteiger partial charge in [0.25, 0.3) is 5.89 Å². The van der Waals surface area contributed by atoms with Crippen molar-refractivity contribution in [3.8, 4) is 34.7 Å². The molecule has 9 nitrogen and oxygen atoms in total. The zero-order valence-corrected chi connectivity index (χ0v) is 19.0. The van der Waals surface area contributed by atoms with Gasteiger partial charge >= 0.3 is 6.03 Å². The molecule has 3 aromatic rings. The highest BCUT2D eigenvalue weighted by Gasteiger charge is 2.33. The Hall–Kier alpha value is -3.90. The summed E-state index contributed by atoms with van der Waals surface area (Å²) in [6, 6.07) is 13.0. The average molecular weight is 460 g/mol. The molecule has 0 unspecified atom stereocenters. The van der Waals surface area contributed by atoms with Gasteiger partial charge in [0.1, 0.15) is 11.8 Å². The van der Waals surface area contributed by atoms with Crippen molar-refractivity contribution < 1.29 is 19.2 Å². The lowest BCUT2D eigenvalue weighted by Crippen LogP contribution is -2.57. The van der Waals surface area contributed by atoms with Crippen LogP contribution in [0.25, 0.3) is 22.8 Å². The number of hydrogen-bond acceptors (Lipinski definition) is 7. The maximum absolute atomic E-state index is 12.4. The van der Waals surface area contributed by atoms with Gasteiger partial charge in [0.15, 0.2) is 0 Å². The van der Waals surface area contributed by atoms with Crippen LogP contribution in [0.4, 0.5) is 4.79 Å². The van der Waals surface area contributed by atoms with Crippen molar-refractivity contribution in [2.24, 2.45) is 0 Å². The largest absolute Gasteiger partial charge is 0.490 e. The van der Waals surface area contributed by atoms with E-state index < -0.39 is 6.10 Å². The molecule has 9 heteroatoms. The second-order valence-electron chi connectivity index (χ2n) is 8.89. The van der Waals surface area contributed by atoms with Crippen molar-refractivity contribution >= 4 is 6.03 Å². The highest BCUT2D eigenvalue weighted by atomic mass is 16.5. The summed E-state index contributed by atoms with van der Waals surface area (Å²) in [5.41, 5.74) is 4.03. The van der Waals surface area contributed by atoms with E-state index in [2.05, 4.69) is 21.5 Å². The number of aliphatic hydroxyl groups excluding tert-OH is 1. The smallest absolute Gasteiger partial charge is 0.318 e. The third-order valence-electron chi connectivity index (χ3n) is 6.09. The molecule has 1 saturated heterocycles. The minimum absolute atomic E-state index is 0.0424. The Morgan fingerprint density at radius 1 is 1.32 bits per heavy atom. The first-order valence-electron chi connectivity index (χ1n) is 11.3. The van der Waals surface area contributed by atoms with Crippen molar-refractivity contribution in [3.05, 3.63) is 53.1 Å². The molecule has 2 heterocycles. The SMILES string of the molecule is CC(C)Oc1ccc(-c2nc(-c3cccc4c3CC[C@H]4NC(=O)N3CC(O)C3)no2)cc1C#N. The number of hydrogen-bond donors (Lipinski definition) is 2. The number of nitrogens with zero attached hydrogens (tertiary/aromatic N) is 4. The lowest BCUT2D eigenvalue weighted by molar-refractivity contribution is 0.0257. The van der Waals surface area contributed by atoms with Crippen molar-refractivity contribution in [2.75, 3.05) is 13.1 Å². The van der Waals surface area contributed by atoms with E-state index in [0.29, 0.717) is 41.7 Å². The van der Waals surface area contributed by atoms with E-state index in [9.17, 15) is 15.2 Å². The number of rotatable bonds is 5. The Morgan fingerprint density at radius 2 is 2.15 bits per heavy atom. The van der Waals surface area contributed by atoms with Gasteiger partial charge in [-0.1, -0.05) is 23.4 Å².